The molecule has 1 aliphatic rings. The van der Waals surface area contributed by atoms with E-state index in [0.29, 0.717) is 0 Å². The van der Waals surface area contributed by atoms with Gasteiger partial charge in [-0.15, -0.1) is 0 Å². The Hall–Kier alpha value is -0.260. The van der Waals surface area contributed by atoms with Crippen molar-refractivity contribution in [2.45, 2.75) is 105 Å². The molecular formula is C22H42. The lowest BCUT2D eigenvalue weighted by atomic mass is 9.64. The highest BCUT2D eigenvalue weighted by atomic mass is 14.4. The van der Waals surface area contributed by atoms with E-state index in [2.05, 4.69) is 39.8 Å². The molecule has 0 heterocycles. The molecule has 0 fully saturated rings. The van der Waals surface area contributed by atoms with Crippen LogP contribution in [0.2, 0.25) is 0 Å². The molecule has 4 atom stereocenters. The van der Waals surface area contributed by atoms with Crippen molar-refractivity contribution in [2.75, 3.05) is 0 Å². The highest BCUT2D eigenvalue weighted by Gasteiger charge is 2.34. The Kier molecular flexibility index (Phi) is 11.0. The molecule has 0 nitrogen and oxygen atoms in total. The fourth-order valence-electron chi connectivity index (χ4n) is 4.44. The molecule has 0 saturated carbocycles. The third-order valence-corrected chi connectivity index (χ3v) is 5.82. The summed E-state index contributed by atoms with van der Waals surface area (Å²) >= 11 is 0. The summed E-state index contributed by atoms with van der Waals surface area (Å²) in [6.07, 6.45) is 22.2. The first kappa shape index (κ1) is 19.8. The van der Waals surface area contributed by atoms with Crippen molar-refractivity contribution in [3.63, 3.8) is 0 Å². The Morgan fingerprint density at radius 3 is 1.14 bits per heavy atom. The summed E-state index contributed by atoms with van der Waals surface area (Å²) in [4.78, 5) is 0. The molecule has 4 unspecified atom stereocenters. The topological polar surface area (TPSA) is 0 Å². The molecule has 0 radical (unpaired) electrons. The summed E-state index contributed by atoms with van der Waals surface area (Å²) in [5, 5.41) is 0. The number of hydrogen-bond donors (Lipinski definition) is 0. The maximum atomic E-state index is 2.64. The largest absolute Gasteiger partial charge is 0.0848 e. The van der Waals surface area contributed by atoms with E-state index in [1.54, 1.807) is 0 Å². The molecule has 0 spiro atoms. The second kappa shape index (κ2) is 12.2. The van der Waals surface area contributed by atoms with Gasteiger partial charge >= 0.3 is 0 Å². The summed E-state index contributed by atoms with van der Waals surface area (Å²) in [6, 6.07) is 0. The molecule has 22 heavy (non-hydrogen) atoms. The second-order valence-electron chi connectivity index (χ2n) is 7.61. The Bertz CT molecular complexity index is 250. The minimum Gasteiger partial charge on any atom is -0.0848 e. The molecule has 1 aliphatic carbocycles. The monoisotopic (exact) mass is 306 g/mol. The van der Waals surface area contributed by atoms with Crippen molar-refractivity contribution in [1.82, 2.24) is 0 Å². The molecule has 0 bridgehead atoms. The average Bonchev–Trinajstić information content (AvgIpc) is 2.55. The maximum absolute atomic E-state index is 2.64. The third kappa shape index (κ3) is 6.47. The summed E-state index contributed by atoms with van der Waals surface area (Å²) in [5.41, 5.74) is 0. The van der Waals surface area contributed by atoms with Gasteiger partial charge in [-0.05, 0) is 49.4 Å². The quantitative estimate of drug-likeness (QED) is 0.323. The van der Waals surface area contributed by atoms with E-state index in [1.807, 2.05) is 0 Å². The van der Waals surface area contributed by atoms with E-state index in [-0.39, 0.29) is 0 Å². The van der Waals surface area contributed by atoms with E-state index >= 15 is 0 Å². The van der Waals surface area contributed by atoms with Gasteiger partial charge in [0.2, 0.25) is 0 Å². The first-order valence-electron chi connectivity index (χ1n) is 10.5. The normalized spacial score (nSPS) is 28.2. The minimum atomic E-state index is 0.881. The fraction of sp³-hybridized carbons (Fsp3) is 0.909. The van der Waals surface area contributed by atoms with Gasteiger partial charge in [0, 0.05) is 0 Å². The highest BCUT2D eigenvalue weighted by Crippen LogP contribution is 2.43. The van der Waals surface area contributed by atoms with Crippen molar-refractivity contribution < 1.29 is 0 Å². The van der Waals surface area contributed by atoms with Crippen LogP contribution in [0, 0.1) is 23.7 Å². The summed E-state index contributed by atoms with van der Waals surface area (Å²) in [5.74, 6) is 3.72. The molecule has 130 valence electrons. The Labute approximate surface area is 141 Å². The maximum Gasteiger partial charge on any atom is -0.0202 e. The van der Waals surface area contributed by atoms with Gasteiger partial charge in [0.15, 0.2) is 0 Å². The Morgan fingerprint density at radius 2 is 0.818 bits per heavy atom. The summed E-state index contributed by atoms with van der Waals surface area (Å²) in [7, 11) is 0. The molecule has 0 aromatic carbocycles. The van der Waals surface area contributed by atoms with Crippen LogP contribution in [0.25, 0.3) is 0 Å². The van der Waals surface area contributed by atoms with Crippen LogP contribution < -0.4 is 0 Å². The second-order valence-corrected chi connectivity index (χ2v) is 7.61. The van der Waals surface area contributed by atoms with Gasteiger partial charge < -0.3 is 0 Å². The van der Waals surface area contributed by atoms with Gasteiger partial charge in [-0.1, -0.05) is 91.2 Å². The zero-order chi connectivity index (χ0) is 16.2. The van der Waals surface area contributed by atoms with E-state index in [1.165, 1.54) is 77.0 Å². The van der Waals surface area contributed by atoms with E-state index in [9.17, 15) is 0 Å². The van der Waals surface area contributed by atoms with Crippen molar-refractivity contribution >= 4 is 0 Å². The summed E-state index contributed by atoms with van der Waals surface area (Å²) < 4.78 is 0. The molecule has 0 saturated heterocycles. The zero-order valence-electron chi connectivity index (χ0n) is 15.9. The molecule has 0 heteroatoms. The van der Waals surface area contributed by atoms with E-state index in [0.717, 1.165) is 23.7 Å². The Morgan fingerprint density at radius 1 is 0.500 bits per heavy atom. The molecule has 1 rings (SSSR count). The first-order chi connectivity index (χ1) is 10.8. The molecule has 0 N–H and O–H groups in total. The average molecular weight is 307 g/mol. The molecule has 0 aromatic heterocycles. The predicted molar refractivity (Wildman–Crippen MR) is 101 cm³/mol. The minimum absolute atomic E-state index is 0.881. The van der Waals surface area contributed by atoms with Crippen LogP contribution in [0.4, 0.5) is 0 Å². The van der Waals surface area contributed by atoms with Crippen molar-refractivity contribution in [2.24, 2.45) is 23.7 Å². The standard InChI is InChI=1S/C22H42/c1-5-9-13-19-17-18-20(14-10-6-2)22(16-12-8-4)21(19)15-11-7-3/h17-22H,5-16H2,1-4H3. The number of hydrogen-bond acceptors (Lipinski definition) is 0. The van der Waals surface area contributed by atoms with Crippen LogP contribution in [-0.2, 0) is 0 Å². The zero-order valence-corrected chi connectivity index (χ0v) is 15.9. The van der Waals surface area contributed by atoms with Crippen molar-refractivity contribution in [3.8, 4) is 0 Å². The van der Waals surface area contributed by atoms with Crippen LogP contribution in [0.15, 0.2) is 12.2 Å². The lowest BCUT2D eigenvalue weighted by Crippen LogP contribution is -2.32. The van der Waals surface area contributed by atoms with E-state index < -0.39 is 0 Å². The van der Waals surface area contributed by atoms with E-state index in [4.69, 9.17) is 0 Å². The lowest BCUT2D eigenvalue weighted by Gasteiger charge is -2.41. The molecular weight excluding hydrogens is 264 g/mol. The van der Waals surface area contributed by atoms with Crippen LogP contribution in [0.5, 0.6) is 0 Å². The molecule has 0 aromatic rings. The lowest BCUT2D eigenvalue weighted by molar-refractivity contribution is 0.147. The van der Waals surface area contributed by atoms with Crippen LogP contribution in [-0.4, -0.2) is 0 Å². The van der Waals surface area contributed by atoms with Crippen LogP contribution >= 0.6 is 0 Å². The van der Waals surface area contributed by atoms with Crippen LogP contribution in [0.1, 0.15) is 105 Å². The molecule has 0 amide bonds. The number of allylic oxidation sites excluding steroid dienone is 2. The highest BCUT2D eigenvalue weighted by molar-refractivity contribution is 5.05. The predicted octanol–water partition coefficient (Wildman–Crippen LogP) is 7.78. The Balaban J connectivity index is 2.81. The molecule has 0 aliphatic heterocycles. The SMILES string of the molecule is CCCCC1C=CC(CCCC)C(CCCC)C1CCCC. The van der Waals surface area contributed by atoms with Gasteiger partial charge in [-0.25, -0.2) is 0 Å². The van der Waals surface area contributed by atoms with Gasteiger partial charge in [0.05, 0.1) is 0 Å². The first-order valence-corrected chi connectivity index (χ1v) is 10.5. The van der Waals surface area contributed by atoms with Crippen LogP contribution in [0.3, 0.4) is 0 Å². The third-order valence-electron chi connectivity index (χ3n) is 5.82. The number of rotatable bonds is 12. The van der Waals surface area contributed by atoms with Gasteiger partial charge in [0.1, 0.15) is 0 Å². The van der Waals surface area contributed by atoms with Crippen molar-refractivity contribution in [1.29, 1.82) is 0 Å². The fourth-order valence-corrected chi connectivity index (χ4v) is 4.44. The van der Waals surface area contributed by atoms with Gasteiger partial charge in [-0.2, -0.15) is 0 Å². The van der Waals surface area contributed by atoms with Crippen molar-refractivity contribution in [3.05, 3.63) is 12.2 Å². The van der Waals surface area contributed by atoms with Gasteiger partial charge in [-0.3, -0.25) is 0 Å². The van der Waals surface area contributed by atoms with Gasteiger partial charge in [0.25, 0.3) is 0 Å². The smallest absolute Gasteiger partial charge is 0.0202 e. The number of unbranched alkanes of at least 4 members (excludes halogenated alkanes) is 4. The summed E-state index contributed by atoms with van der Waals surface area (Å²) in [6.45, 7) is 9.39.